The number of benzene rings is 3. The summed E-state index contributed by atoms with van der Waals surface area (Å²) >= 11 is 0. The molecule has 1 aliphatic heterocycles. The van der Waals surface area contributed by atoms with Gasteiger partial charge in [-0.25, -0.2) is 16.8 Å². The Balaban J connectivity index is 0.00000462. The number of nitrogen functional groups attached to an aromatic ring is 1. The molecule has 1 saturated heterocycles. The average molecular weight is 619 g/mol. The number of rotatable bonds is 6. The van der Waals surface area contributed by atoms with Gasteiger partial charge in [-0.1, -0.05) is 66.7 Å². The molecule has 8 nitrogen and oxygen atoms in total. The molecule has 0 saturated carbocycles. The summed E-state index contributed by atoms with van der Waals surface area (Å²) in [6.45, 7) is 8.59. The molecule has 41 heavy (non-hydrogen) atoms. The summed E-state index contributed by atoms with van der Waals surface area (Å²) < 4.78 is 57.7. The Morgan fingerprint density at radius 1 is 0.732 bits per heavy atom. The molecule has 4 rings (SSSR count). The van der Waals surface area contributed by atoms with Crippen LogP contribution in [0.15, 0.2) is 101 Å². The fourth-order valence-corrected chi connectivity index (χ4v) is 8.00. The molecule has 0 radical (unpaired) electrons. The maximum absolute atomic E-state index is 13.7. The molecule has 3 aromatic rings. The number of hydrogen-bond acceptors (Lipinski definition) is 6. The molecule has 222 valence electrons. The van der Waals surface area contributed by atoms with Crippen molar-refractivity contribution in [3.8, 4) is 0 Å². The van der Waals surface area contributed by atoms with Crippen molar-refractivity contribution in [1.82, 2.24) is 13.5 Å². The fourth-order valence-electron chi connectivity index (χ4n) is 4.88. The summed E-state index contributed by atoms with van der Waals surface area (Å²) in [4.78, 5) is 2.50. The second kappa shape index (κ2) is 14.4. The van der Waals surface area contributed by atoms with E-state index in [0.717, 1.165) is 11.1 Å². The first-order chi connectivity index (χ1) is 19.1. The minimum Gasteiger partial charge on any atom is -0.398 e. The predicted molar refractivity (Wildman–Crippen MR) is 167 cm³/mol. The van der Waals surface area contributed by atoms with Gasteiger partial charge < -0.3 is 5.73 Å². The zero-order chi connectivity index (χ0) is 28.8. The van der Waals surface area contributed by atoms with Gasteiger partial charge in [-0.15, -0.1) is 12.4 Å². The minimum atomic E-state index is -3.94. The van der Waals surface area contributed by atoms with Crippen LogP contribution in [0.25, 0.3) is 0 Å². The molecule has 3 aromatic carbocycles. The van der Waals surface area contributed by atoms with Gasteiger partial charge >= 0.3 is 0 Å². The summed E-state index contributed by atoms with van der Waals surface area (Å²) in [5.74, 6) is 0. The van der Waals surface area contributed by atoms with Crippen LogP contribution in [0.4, 0.5) is 5.69 Å². The van der Waals surface area contributed by atoms with Crippen molar-refractivity contribution >= 4 is 38.1 Å². The van der Waals surface area contributed by atoms with Crippen LogP contribution in [0.3, 0.4) is 0 Å². The van der Waals surface area contributed by atoms with Gasteiger partial charge in [0, 0.05) is 32.7 Å². The van der Waals surface area contributed by atoms with Crippen molar-refractivity contribution in [3.05, 3.63) is 102 Å². The summed E-state index contributed by atoms with van der Waals surface area (Å²) in [5, 5.41) is 0. The van der Waals surface area contributed by atoms with E-state index in [1.807, 2.05) is 25.1 Å². The lowest BCUT2D eigenvalue weighted by Crippen LogP contribution is -2.41. The van der Waals surface area contributed by atoms with Crippen LogP contribution in [0.2, 0.25) is 0 Å². The number of nitrogens with zero attached hydrogens (tertiary/aromatic N) is 3. The van der Waals surface area contributed by atoms with E-state index in [4.69, 9.17) is 5.73 Å². The predicted octanol–water partition coefficient (Wildman–Crippen LogP) is 4.53. The molecule has 0 atom stereocenters. The maximum Gasteiger partial charge on any atom is 0.245 e. The van der Waals surface area contributed by atoms with Gasteiger partial charge in [0.25, 0.3) is 0 Å². The molecular formula is C30H39ClN4O4S2. The quantitative estimate of drug-likeness (QED) is 0.322. The number of halogens is 1. The van der Waals surface area contributed by atoms with E-state index in [2.05, 4.69) is 23.6 Å². The molecular weight excluding hydrogens is 580 g/mol. The van der Waals surface area contributed by atoms with Crippen LogP contribution in [-0.2, 0) is 26.6 Å². The third-order valence-electron chi connectivity index (χ3n) is 7.01. The van der Waals surface area contributed by atoms with E-state index in [-0.39, 0.29) is 47.5 Å². The van der Waals surface area contributed by atoms with Crippen LogP contribution < -0.4 is 5.73 Å². The molecule has 0 amide bonds. The van der Waals surface area contributed by atoms with Crippen LogP contribution in [0, 0.1) is 6.92 Å². The summed E-state index contributed by atoms with van der Waals surface area (Å²) in [5.41, 5.74) is 8.84. The summed E-state index contributed by atoms with van der Waals surface area (Å²) in [6.07, 6.45) is 1.24. The van der Waals surface area contributed by atoms with Gasteiger partial charge in [0.15, 0.2) is 0 Å². The van der Waals surface area contributed by atoms with Crippen LogP contribution in [0.1, 0.15) is 24.0 Å². The van der Waals surface area contributed by atoms with Crippen molar-refractivity contribution < 1.29 is 16.8 Å². The zero-order valence-corrected chi connectivity index (χ0v) is 25.8. The van der Waals surface area contributed by atoms with E-state index in [9.17, 15) is 16.8 Å². The van der Waals surface area contributed by atoms with Gasteiger partial charge in [-0.2, -0.15) is 8.61 Å². The Hall–Kier alpha value is -2.73. The van der Waals surface area contributed by atoms with E-state index in [1.54, 1.807) is 42.5 Å². The van der Waals surface area contributed by atoms with E-state index in [1.165, 1.54) is 14.7 Å². The highest BCUT2D eigenvalue weighted by molar-refractivity contribution is 7.89. The Kier molecular flexibility index (Phi) is 11.5. The number of anilines is 1. The highest BCUT2D eigenvalue weighted by atomic mass is 35.5. The van der Waals surface area contributed by atoms with E-state index < -0.39 is 20.0 Å². The van der Waals surface area contributed by atoms with E-state index >= 15 is 0 Å². The van der Waals surface area contributed by atoms with Gasteiger partial charge in [0.05, 0.1) is 10.6 Å². The van der Waals surface area contributed by atoms with Crippen molar-refractivity contribution in [2.45, 2.75) is 36.1 Å². The third kappa shape index (κ3) is 8.41. The maximum atomic E-state index is 13.7. The molecule has 1 heterocycles. The number of para-hydroxylation sites is 1. The lowest BCUT2D eigenvalue weighted by molar-refractivity contribution is 0.238. The molecule has 11 heteroatoms. The lowest BCUT2D eigenvalue weighted by Gasteiger charge is -2.30. The topological polar surface area (TPSA) is 104 Å². The summed E-state index contributed by atoms with van der Waals surface area (Å²) in [6, 6.07) is 23.3. The number of hydrogen-bond donors (Lipinski definition) is 1. The largest absolute Gasteiger partial charge is 0.398 e. The molecule has 2 N–H and O–H groups in total. The zero-order valence-electron chi connectivity index (χ0n) is 23.4. The van der Waals surface area contributed by atoms with Crippen molar-refractivity contribution in [2.75, 3.05) is 45.0 Å². The van der Waals surface area contributed by atoms with Gasteiger partial charge in [0.2, 0.25) is 20.0 Å². The molecule has 0 aliphatic carbocycles. The third-order valence-corrected chi connectivity index (χ3v) is 10.8. The van der Waals surface area contributed by atoms with Crippen molar-refractivity contribution in [2.24, 2.45) is 0 Å². The molecule has 1 aliphatic rings. The Labute approximate surface area is 251 Å². The van der Waals surface area contributed by atoms with Crippen molar-refractivity contribution in [1.29, 1.82) is 0 Å². The first kappa shape index (κ1) is 32.8. The SMILES string of the molecule is C=C1CN(S(=O)(=O)c2ccc(C)cc2)CCCN(Cc2ccccc2)CCCN(S(=O)(=O)c2ccccc2N)C1.Cl. The van der Waals surface area contributed by atoms with Crippen LogP contribution in [-0.4, -0.2) is 69.6 Å². The normalized spacial score (nSPS) is 17.2. The highest BCUT2D eigenvalue weighted by Gasteiger charge is 2.30. The van der Waals surface area contributed by atoms with Crippen LogP contribution in [0.5, 0.6) is 0 Å². The Bertz CT molecular complexity index is 1520. The first-order valence-electron chi connectivity index (χ1n) is 13.4. The van der Waals surface area contributed by atoms with Gasteiger partial charge in [-0.05, 0) is 68.3 Å². The van der Waals surface area contributed by atoms with E-state index in [0.29, 0.717) is 44.6 Å². The molecule has 0 spiro atoms. The molecule has 0 unspecified atom stereocenters. The standard InChI is InChI=1S/C30H38N4O4S2.ClH/c1-25-14-16-28(17-15-25)39(35,36)33-20-8-18-32(24-27-10-4-3-5-11-27)19-9-21-34(23-26(2)22-33)40(37,38)30-13-7-6-12-29(30)31;/h3-7,10-17H,2,8-9,18-24,31H2,1H3;1H. The van der Waals surface area contributed by atoms with Crippen LogP contribution >= 0.6 is 12.4 Å². The Morgan fingerprint density at radius 2 is 1.27 bits per heavy atom. The minimum absolute atomic E-state index is 0. The average Bonchev–Trinajstić information content (AvgIpc) is 2.92. The highest BCUT2D eigenvalue weighted by Crippen LogP contribution is 2.25. The van der Waals surface area contributed by atoms with Crippen molar-refractivity contribution in [3.63, 3.8) is 0 Å². The smallest absolute Gasteiger partial charge is 0.245 e. The monoisotopic (exact) mass is 618 g/mol. The molecule has 1 fully saturated rings. The summed E-state index contributed by atoms with van der Waals surface area (Å²) in [7, 11) is -7.76. The second-order valence-electron chi connectivity index (χ2n) is 10.2. The number of nitrogens with two attached hydrogens (primary N) is 1. The van der Waals surface area contributed by atoms with Gasteiger partial charge in [-0.3, -0.25) is 4.90 Å². The molecule has 0 aromatic heterocycles. The van der Waals surface area contributed by atoms with Gasteiger partial charge in [0.1, 0.15) is 4.90 Å². The fraction of sp³-hybridized carbons (Fsp3) is 0.333. The molecule has 0 bridgehead atoms. The first-order valence-corrected chi connectivity index (χ1v) is 16.3. The second-order valence-corrected chi connectivity index (χ2v) is 14.1. The number of aryl methyl sites for hydroxylation is 1. The number of sulfonamides is 2. The Morgan fingerprint density at radius 3 is 1.85 bits per heavy atom. The lowest BCUT2D eigenvalue weighted by atomic mass is 10.2.